The first-order valence-corrected chi connectivity index (χ1v) is 9.17. The first-order chi connectivity index (χ1) is 12.4. The number of fused-ring (bicyclic) bond motifs is 2. The lowest BCUT2D eigenvalue weighted by Crippen LogP contribution is -2.47. The van der Waals surface area contributed by atoms with Crippen molar-refractivity contribution in [2.45, 2.75) is 38.0 Å². The van der Waals surface area contributed by atoms with Crippen LogP contribution in [-0.4, -0.2) is 77.9 Å². The molecule has 0 aromatic heterocycles. The van der Waals surface area contributed by atoms with E-state index in [4.69, 9.17) is 4.74 Å². The van der Waals surface area contributed by atoms with Gasteiger partial charge in [-0.05, 0) is 25.0 Å². The minimum Gasteiger partial charge on any atom is -0.486 e. The van der Waals surface area contributed by atoms with Crippen LogP contribution in [0.5, 0.6) is 5.75 Å². The van der Waals surface area contributed by atoms with E-state index in [9.17, 15) is 14.0 Å². The third-order valence-corrected chi connectivity index (χ3v) is 5.96. The molecule has 6 nitrogen and oxygen atoms in total. The molecule has 2 saturated heterocycles. The fourth-order valence-electron chi connectivity index (χ4n) is 4.39. The van der Waals surface area contributed by atoms with Crippen LogP contribution in [0.15, 0.2) is 18.2 Å². The molecule has 2 atom stereocenters. The molecular formula is C19H24FN3O3. The number of hydrogen-bond donors (Lipinski definition) is 0. The number of carbonyl (C=O) groups excluding carboxylic acids is 2. The molecule has 1 aromatic carbocycles. The van der Waals surface area contributed by atoms with Crippen LogP contribution in [-0.2, 0) is 4.79 Å². The summed E-state index contributed by atoms with van der Waals surface area (Å²) in [6, 6.07) is 4.43. The Morgan fingerprint density at radius 3 is 2.65 bits per heavy atom. The highest BCUT2D eigenvalue weighted by atomic mass is 19.1. The lowest BCUT2D eigenvalue weighted by atomic mass is 10.0. The van der Waals surface area contributed by atoms with Crippen LogP contribution >= 0.6 is 0 Å². The predicted molar refractivity (Wildman–Crippen MR) is 93.5 cm³/mol. The highest BCUT2D eigenvalue weighted by Crippen LogP contribution is 2.33. The van der Waals surface area contributed by atoms with Gasteiger partial charge in [0, 0.05) is 52.3 Å². The minimum absolute atomic E-state index is 0.0520. The lowest BCUT2D eigenvalue weighted by Gasteiger charge is -2.36. The maximum absolute atomic E-state index is 13.6. The summed E-state index contributed by atoms with van der Waals surface area (Å²) in [7, 11) is 1.80. The van der Waals surface area contributed by atoms with Gasteiger partial charge in [-0.2, -0.15) is 0 Å². The molecule has 1 aromatic rings. The zero-order chi connectivity index (χ0) is 18.4. The quantitative estimate of drug-likeness (QED) is 0.758. The smallest absolute Gasteiger partial charge is 0.257 e. The number of carbonyl (C=O) groups is 2. The molecule has 4 rings (SSSR count). The monoisotopic (exact) mass is 361 g/mol. The van der Waals surface area contributed by atoms with Gasteiger partial charge in [0.2, 0.25) is 5.91 Å². The highest BCUT2D eigenvalue weighted by Gasteiger charge is 2.44. The summed E-state index contributed by atoms with van der Waals surface area (Å²) in [4.78, 5) is 30.2. The number of benzene rings is 1. The van der Waals surface area contributed by atoms with Crippen molar-refractivity contribution in [2.75, 3.05) is 33.2 Å². The largest absolute Gasteiger partial charge is 0.486 e. The van der Waals surface area contributed by atoms with Crippen LogP contribution in [0.25, 0.3) is 0 Å². The molecular weight excluding hydrogens is 337 g/mol. The van der Waals surface area contributed by atoms with Gasteiger partial charge >= 0.3 is 0 Å². The van der Waals surface area contributed by atoms with Gasteiger partial charge in [0.05, 0.1) is 11.6 Å². The Bertz CT molecular complexity index is 733. The van der Waals surface area contributed by atoms with E-state index in [-0.39, 0.29) is 24.0 Å². The molecule has 2 unspecified atom stereocenters. The van der Waals surface area contributed by atoms with Crippen molar-refractivity contribution in [1.82, 2.24) is 14.7 Å². The predicted octanol–water partition coefficient (Wildman–Crippen LogP) is 1.35. The zero-order valence-electron chi connectivity index (χ0n) is 15.2. The number of hydrogen-bond acceptors (Lipinski definition) is 4. The molecule has 26 heavy (non-hydrogen) atoms. The zero-order valence-corrected chi connectivity index (χ0v) is 15.2. The Morgan fingerprint density at radius 2 is 1.96 bits per heavy atom. The molecule has 2 amide bonds. The highest BCUT2D eigenvalue weighted by molar-refractivity contribution is 5.97. The molecule has 2 fully saturated rings. The Labute approximate surface area is 152 Å². The van der Waals surface area contributed by atoms with Crippen molar-refractivity contribution in [1.29, 1.82) is 0 Å². The summed E-state index contributed by atoms with van der Waals surface area (Å²) in [5.41, 5.74) is 0.421. The van der Waals surface area contributed by atoms with E-state index in [0.29, 0.717) is 23.9 Å². The number of amides is 2. The maximum atomic E-state index is 13.6. The average molecular weight is 361 g/mol. The topological polar surface area (TPSA) is 53.1 Å². The van der Waals surface area contributed by atoms with Gasteiger partial charge in [0.1, 0.15) is 17.7 Å². The van der Waals surface area contributed by atoms with E-state index in [1.165, 1.54) is 18.2 Å². The molecule has 0 radical (unpaired) electrons. The van der Waals surface area contributed by atoms with Crippen LogP contribution in [0.4, 0.5) is 4.39 Å². The van der Waals surface area contributed by atoms with Crippen LogP contribution in [0.2, 0.25) is 0 Å². The summed E-state index contributed by atoms with van der Waals surface area (Å²) in [5, 5.41) is 0. The third-order valence-electron chi connectivity index (χ3n) is 5.96. The molecule has 0 N–H and O–H groups in total. The van der Waals surface area contributed by atoms with Gasteiger partial charge in [-0.15, -0.1) is 0 Å². The molecule has 0 saturated carbocycles. The van der Waals surface area contributed by atoms with Crippen LogP contribution in [0, 0.1) is 5.82 Å². The van der Waals surface area contributed by atoms with Crippen molar-refractivity contribution in [3.05, 3.63) is 29.6 Å². The number of rotatable bonds is 1. The van der Waals surface area contributed by atoms with Crippen LogP contribution < -0.4 is 4.74 Å². The second kappa shape index (κ2) is 6.54. The number of ether oxygens (including phenoxy) is 1. The van der Waals surface area contributed by atoms with Crippen LogP contribution in [0.3, 0.4) is 0 Å². The molecule has 3 heterocycles. The Balaban J connectivity index is 1.50. The normalized spacial score (nSPS) is 27.0. The second-order valence-corrected chi connectivity index (χ2v) is 7.47. The molecule has 3 aliphatic heterocycles. The minimum atomic E-state index is -0.399. The second-order valence-electron chi connectivity index (χ2n) is 7.47. The molecule has 0 bridgehead atoms. The van der Waals surface area contributed by atoms with E-state index in [0.717, 1.165) is 32.5 Å². The number of likely N-dealkylation sites (N-methyl/N-ethyl adjacent to an activating group) is 1. The van der Waals surface area contributed by atoms with Gasteiger partial charge in [-0.3, -0.25) is 14.5 Å². The summed E-state index contributed by atoms with van der Waals surface area (Å²) >= 11 is 0. The molecule has 140 valence electrons. The molecule has 3 aliphatic rings. The van der Waals surface area contributed by atoms with E-state index < -0.39 is 5.82 Å². The first-order valence-electron chi connectivity index (χ1n) is 9.17. The summed E-state index contributed by atoms with van der Waals surface area (Å²) in [6.45, 7) is 4.61. The lowest BCUT2D eigenvalue weighted by molar-refractivity contribution is -0.130. The van der Waals surface area contributed by atoms with Gasteiger partial charge < -0.3 is 14.5 Å². The Hall–Kier alpha value is -2.15. The number of nitrogens with zero attached hydrogens (tertiary/aromatic N) is 3. The average Bonchev–Trinajstić information content (AvgIpc) is 3.01. The SMILES string of the molecule is CC(=O)N1CCC(N2CC3Oc4cc(F)ccc4C(=O)N(C)C3C2)CC1. The van der Waals surface area contributed by atoms with Crippen molar-refractivity contribution in [2.24, 2.45) is 0 Å². The first kappa shape index (κ1) is 17.3. The fraction of sp³-hybridized carbons (Fsp3) is 0.579. The fourth-order valence-corrected chi connectivity index (χ4v) is 4.39. The van der Waals surface area contributed by atoms with Crippen molar-refractivity contribution in [3.8, 4) is 5.75 Å². The number of likely N-dealkylation sites (tertiary alicyclic amines) is 2. The van der Waals surface area contributed by atoms with Gasteiger partial charge in [0.25, 0.3) is 5.91 Å². The molecule has 0 spiro atoms. The number of halogens is 1. The summed E-state index contributed by atoms with van der Waals surface area (Å²) < 4.78 is 19.7. The van der Waals surface area contributed by atoms with Gasteiger partial charge in [-0.1, -0.05) is 0 Å². The van der Waals surface area contributed by atoms with E-state index in [2.05, 4.69) is 4.90 Å². The van der Waals surface area contributed by atoms with Gasteiger partial charge in [-0.25, -0.2) is 4.39 Å². The summed E-state index contributed by atoms with van der Waals surface area (Å²) in [5.74, 6) is -0.0604. The molecule has 0 aliphatic carbocycles. The maximum Gasteiger partial charge on any atom is 0.257 e. The van der Waals surface area contributed by atoms with E-state index in [1.807, 2.05) is 4.90 Å². The van der Waals surface area contributed by atoms with E-state index in [1.54, 1.807) is 18.9 Å². The van der Waals surface area contributed by atoms with Crippen molar-refractivity contribution >= 4 is 11.8 Å². The third kappa shape index (κ3) is 2.94. The standard InChI is InChI=1S/C19H24FN3O3/c1-12(24)22-7-5-14(6-8-22)23-10-16-18(11-23)26-17-9-13(20)3-4-15(17)19(25)21(16)2/h3-4,9,14,16,18H,5-8,10-11H2,1-2H3. The Morgan fingerprint density at radius 1 is 1.23 bits per heavy atom. The summed E-state index contributed by atoms with van der Waals surface area (Å²) in [6.07, 6.45) is 1.70. The molecule has 7 heteroatoms. The van der Waals surface area contributed by atoms with Crippen molar-refractivity contribution < 1.29 is 18.7 Å². The van der Waals surface area contributed by atoms with Gasteiger partial charge in [0.15, 0.2) is 0 Å². The van der Waals surface area contributed by atoms with Crippen LogP contribution in [0.1, 0.15) is 30.1 Å². The Kier molecular flexibility index (Phi) is 4.34. The van der Waals surface area contributed by atoms with E-state index >= 15 is 0 Å². The van der Waals surface area contributed by atoms with Crippen molar-refractivity contribution in [3.63, 3.8) is 0 Å². The number of piperidine rings is 1.